The summed E-state index contributed by atoms with van der Waals surface area (Å²) < 4.78 is 20.3. The molecule has 150 valence electrons. The van der Waals surface area contributed by atoms with Gasteiger partial charge in [-0.2, -0.15) is 0 Å². The lowest BCUT2D eigenvalue weighted by molar-refractivity contribution is 0.672. The van der Waals surface area contributed by atoms with Crippen LogP contribution in [-0.2, 0) is 0 Å². The van der Waals surface area contributed by atoms with E-state index in [1.807, 2.05) is 0 Å². The molecule has 0 aliphatic heterocycles. The zero-order valence-electron chi connectivity index (χ0n) is 17.2. The second-order valence-corrected chi connectivity index (χ2v) is 9.17. The Morgan fingerprint density at radius 3 is 0.636 bits per heavy atom. The van der Waals surface area contributed by atoms with Crippen molar-refractivity contribution in [1.82, 2.24) is 0 Å². The van der Waals surface area contributed by atoms with Crippen LogP contribution in [0.2, 0.25) is 0 Å². The summed E-state index contributed by atoms with van der Waals surface area (Å²) in [5.74, 6) is 0. The van der Waals surface area contributed by atoms with Gasteiger partial charge >= 0.3 is 0 Å². The number of rotatable bonds is 0. The summed E-state index contributed by atoms with van der Waals surface area (Å²) in [7, 11) is 0. The van der Waals surface area contributed by atoms with Crippen LogP contribution in [0, 0.1) is 0 Å². The van der Waals surface area contributed by atoms with Crippen molar-refractivity contribution in [1.29, 1.82) is 0 Å². The highest BCUT2D eigenvalue weighted by Crippen LogP contribution is 2.57. The first-order valence-electron chi connectivity index (χ1n) is 11.2. The van der Waals surface area contributed by atoms with Crippen molar-refractivity contribution in [3.8, 4) is 0 Å². The minimum absolute atomic E-state index is 0.932. The first kappa shape index (κ1) is 15.3. The largest absolute Gasteiger partial charge is 0.455 e. The fourth-order valence-electron chi connectivity index (χ4n) is 6.50. The molecule has 0 N–H and O–H groups in total. The van der Waals surface area contributed by atoms with Gasteiger partial charge in [0.25, 0.3) is 0 Å². The molecule has 3 nitrogen and oxygen atoms in total. The van der Waals surface area contributed by atoms with E-state index in [0.29, 0.717) is 0 Å². The predicted molar refractivity (Wildman–Crippen MR) is 134 cm³/mol. The van der Waals surface area contributed by atoms with E-state index in [4.69, 9.17) is 13.3 Å². The highest BCUT2D eigenvalue weighted by atomic mass is 16.3. The minimum atomic E-state index is 0.932. The van der Waals surface area contributed by atoms with Gasteiger partial charge in [0.2, 0.25) is 0 Å². The summed E-state index contributed by atoms with van der Waals surface area (Å²) in [4.78, 5) is 0. The third-order valence-electron chi connectivity index (χ3n) is 7.72. The molecular weight excluding hydrogens is 408 g/mol. The van der Waals surface area contributed by atoms with Gasteiger partial charge in [-0.1, -0.05) is 72.8 Å². The van der Waals surface area contributed by atoms with E-state index in [2.05, 4.69) is 72.8 Å². The third-order valence-corrected chi connectivity index (χ3v) is 7.72. The van der Waals surface area contributed by atoms with E-state index in [9.17, 15) is 0 Å². The van der Waals surface area contributed by atoms with E-state index in [1.165, 1.54) is 0 Å². The highest BCUT2D eigenvalue weighted by Gasteiger charge is 2.32. The van der Waals surface area contributed by atoms with E-state index >= 15 is 0 Å². The van der Waals surface area contributed by atoms with Crippen LogP contribution in [0.1, 0.15) is 0 Å². The molecule has 0 saturated heterocycles. The fraction of sp³-hybridized carbons (Fsp3) is 0. The maximum atomic E-state index is 6.75. The smallest absolute Gasteiger partial charge is 0.144 e. The second-order valence-electron chi connectivity index (χ2n) is 9.17. The van der Waals surface area contributed by atoms with Gasteiger partial charge in [0.15, 0.2) is 0 Å². The lowest BCUT2D eigenvalue weighted by Gasteiger charge is -2.07. The summed E-state index contributed by atoms with van der Waals surface area (Å²) in [5.41, 5.74) is 5.59. The fourth-order valence-corrected chi connectivity index (χ4v) is 6.50. The van der Waals surface area contributed by atoms with Crippen molar-refractivity contribution in [2.24, 2.45) is 0 Å². The predicted octanol–water partition coefficient (Wildman–Crippen LogP) is 9.16. The first-order chi connectivity index (χ1) is 16.4. The van der Waals surface area contributed by atoms with Gasteiger partial charge in [-0.05, 0) is 0 Å². The molecule has 0 bridgehead atoms. The minimum Gasteiger partial charge on any atom is -0.455 e. The van der Waals surface area contributed by atoms with Gasteiger partial charge < -0.3 is 13.3 Å². The van der Waals surface area contributed by atoms with Crippen LogP contribution < -0.4 is 0 Å². The average Bonchev–Trinajstić information content (AvgIpc) is 3.56. The van der Waals surface area contributed by atoms with Crippen LogP contribution in [-0.4, -0.2) is 0 Å². The highest BCUT2D eigenvalue weighted by molar-refractivity contribution is 6.51. The molecule has 0 aliphatic rings. The molecule has 10 rings (SSSR count). The number of hydrogen-bond acceptors (Lipinski definition) is 3. The van der Waals surface area contributed by atoms with E-state index < -0.39 is 0 Å². The molecule has 0 atom stereocenters. The van der Waals surface area contributed by atoms with Crippen molar-refractivity contribution in [3.63, 3.8) is 0 Å². The summed E-state index contributed by atoms with van der Waals surface area (Å²) >= 11 is 0. The van der Waals surface area contributed by atoms with Crippen molar-refractivity contribution in [3.05, 3.63) is 72.8 Å². The standard InChI is InChI=1S/C30H12O3/c1-2-8-14-13(7-1)25-19-20-22-24-23-21(19)27(31-25)15-9-3-4-10-16(15)29(23)33-30(24)18-12-6-5-11-17(18)28(22)32-26(14)20/h1-12H. The van der Waals surface area contributed by atoms with Gasteiger partial charge in [-0.25, -0.2) is 0 Å². The zero-order valence-corrected chi connectivity index (χ0v) is 17.2. The molecule has 7 aromatic carbocycles. The Morgan fingerprint density at radius 1 is 0.273 bits per heavy atom. The molecule has 0 aliphatic carbocycles. The van der Waals surface area contributed by atoms with Gasteiger partial charge in [-0.15, -0.1) is 0 Å². The van der Waals surface area contributed by atoms with Crippen LogP contribution in [0.4, 0.5) is 0 Å². The van der Waals surface area contributed by atoms with Crippen LogP contribution in [0.15, 0.2) is 86.0 Å². The monoisotopic (exact) mass is 420 g/mol. The first-order valence-corrected chi connectivity index (χ1v) is 11.2. The Morgan fingerprint density at radius 2 is 0.455 bits per heavy atom. The molecule has 0 amide bonds. The Hall–Kier alpha value is -4.50. The molecule has 0 radical (unpaired) electrons. The van der Waals surface area contributed by atoms with Crippen LogP contribution >= 0.6 is 0 Å². The quantitative estimate of drug-likeness (QED) is 0.181. The summed E-state index contributed by atoms with van der Waals surface area (Å²) in [6.07, 6.45) is 0. The van der Waals surface area contributed by atoms with Crippen molar-refractivity contribution < 1.29 is 13.3 Å². The Bertz CT molecular complexity index is 1930. The number of furan rings is 3. The maximum Gasteiger partial charge on any atom is 0.144 e. The maximum absolute atomic E-state index is 6.75. The molecule has 33 heavy (non-hydrogen) atoms. The van der Waals surface area contributed by atoms with Gasteiger partial charge in [0.1, 0.15) is 33.5 Å². The van der Waals surface area contributed by atoms with Crippen molar-refractivity contribution in [2.45, 2.75) is 0 Å². The lowest BCUT2D eigenvalue weighted by atomic mass is 9.89. The number of benzene rings is 7. The van der Waals surface area contributed by atoms with Crippen molar-refractivity contribution in [2.75, 3.05) is 0 Å². The summed E-state index contributed by atoms with van der Waals surface area (Å²) in [6.45, 7) is 0. The molecule has 10 aromatic rings. The second kappa shape index (κ2) is 4.64. The number of hydrogen-bond donors (Lipinski definition) is 0. The topological polar surface area (TPSA) is 39.4 Å². The van der Waals surface area contributed by atoms with Crippen LogP contribution in [0.3, 0.4) is 0 Å². The van der Waals surface area contributed by atoms with E-state index in [1.54, 1.807) is 0 Å². The van der Waals surface area contributed by atoms with E-state index in [-0.39, 0.29) is 0 Å². The lowest BCUT2D eigenvalue weighted by Crippen LogP contribution is -1.83. The normalized spacial score (nSPS) is 13.5. The SMILES string of the molecule is c1ccc2c(c1)c1oc3c4ccccc4c4oc5c6ccccc6c6oc2c2c1c3c4c5c62. The molecule has 0 unspecified atom stereocenters. The summed E-state index contributed by atoms with van der Waals surface area (Å²) in [6, 6.07) is 25.2. The molecule has 0 saturated carbocycles. The zero-order chi connectivity index (χ0) is 21.0. The van der Waals surface area contributed by atoms with Crippen molar-refractivity contribution >= 4 is 98.1 Å². The van der Waals surface area contributed by atoms with Crippen LogP contribution in [0.5, 0.6) is 0 Å². The van der Waals surface area contributed by atoms with Gasteiger partial charge in [-0.3, -0.25) is 0 Å². The molecule has 3 heterocycles. The molecular formula is C30H12O3. The number of fused-ring (bicyclic) bond motifs is 9. The molecule has 3 aromatic heterocycles. The average molecular weight is 420 g/mol. The van der Waals surface area contributed by atoms with Gasteiger partial charge in [0.05, 0.1) is 0 Å². The van der Waals surface area contributed by atoms with E-state index in [0.717, 1.165) is 98.1 Å². The third kappa shape index (κ3) is 1.41. The molecule has 3 heteroatoms. The molecule has 0 spiro atoms. The molecule has 0 fully saturated rings. The Labute approximate surface area is 184 Å². The Balaban J connectivity index is 1.78. The van der Waals surface area contributed by atoms with Crippen LogP contribution in [0.25, 0.3) is 98.1 Å². The summed E-state index contributed by atoms with van der Waals surface area (Å²) in [5, 5.41) is 13.4. The Kier molecular flexibility index (Phi) is 2.16. The van der Waals surface area contributed by atoms with Gasteiger partial charge in [0, 0.05) is 64.6 Å².